The Balaban J connectivity index is 0.000000673. The van der Waals surface area contributed by atoms with Gasteiger partial charge < -0.3 is 24.8 Å². The molecule has 1 heterocycles. The van der Waals surface area contributed by atoms with Crippen LogP contribution in [0.5, 0.6) is 0 Å². The van der Waals surface area contributed by atoms with E-state index in [-0.39, 0.29) is 12.1 Å². The van der Waals surface area contributed by atoms with Gasteiger partial charge in [-0.25, -0.2) is 4.79 Å². The smallest absolute Gasteiger partial charge is 0.315 e. The van der Waals surface area contributed by atoms with E-state index < -0.39 is 0 Å². The number of carbonyl (C=O) groups excluding carboxylic acids is 1. The first-order chi connectivity index (χ1) is 7.74. The third-order valence-corrected chi connectivity index (χ3v) is 1.74. The monoisotopic (exact) mass is 234 g/mol. The quantitative estimate of drug-likeness (QED) is 0.634. The number of rotatable bonds is 6. The largest absolute Gasteiger partial charge is 0.388 e. The first-order valence-corrected chi connectivity index (χ1v) is 5.34. The maximum atomic E-state index is 10.7. The molecule has 1 fully saturated rings. The maximum Gasteiger partial charge on any atom is 0.315 e. The van der Waals surface area contributed by atoms with E-state index in [1.54, 1.807) is 14.2 Å². The summed E-state index contributed by atoms with van der Waals surface area (Å²) < 4.78 is 14.6. The molecule has 96 valence electrons. The van der Waals surface area contributed by atoms with Crippen LogP contribution in [0.4, 0.5) is 4.79 Å². The fourth-order valence-corrected chi connectivity index (χ4v) is 1.09. The van der Waals surface area contributed by atoms with Crippen molar-refractivity contribution in [2.45, 2.75) is 13.0 Å². The second-order valence-electron chi connectivity index (χ2n) is 3.23. The van der Waals surface area contributed by atoms with Gasteiger partial charge in [-0.05, 0) is 6.92 Å². The molecule has 16 heavy (non-hydrogen) atoms. The van der Waals surface area contributed by atoms with Crippen molar-refractivity contribution in [1.82, 2.24) is 10.6 Å². The number of ether oxygens (including phenoxy) is 3. The van der Waals surface area contributed by atoms with Crippen LogP contribution in [0.2, 0.25) is 0 Å². The van der Waals surface area contributed by atoms with Gasteiger partial charge in [-0.1, -0.05) is 0 Å². The first kappa shape index (κ1) is 15.2. The zero-order valence-corrected chi connectivity index (χ0v) is 10.2. The fourth-order valence-electron chi connectivity index (χ4n) is 1.09. The van der Waals surface area contributed by atoms with Crippen LogP contribution >= 0.6 is 0 Å². The van der Waals surface area contributed by atoms with E-state index in [4.69, 9.17) is 9.47 Å². The van der Waals surface area contributed by atoms with Gasteiger partial charge in [-0.15, -0.1) is 0 Å². The summed E-state index contributed by atoms with van der Waals surface area (Å²) in [7, 11) is 3.25. The number of hydrogen-bond acceptors (Lipinski definition) is 4. The highest BCUT2D eigenvalue weighted by molar-refractivity contribution is 5.76. The number of urea groups is 1. The summed E-state index contributed by atoms with van der Waals surface area (Å²) in [6.07, 6.45) is 0. The predicted octanol–water partition coefficient (Wildman–Crippen LogP) is -0.0165. The molecule has 0 aromatic rings. The zero-order chi connectivity index (χ0) is 12.2. The van der Waals surface area contributed by atoms with Crippen molar-refractivity contribution in [3.8, 4) is 0 Å². The van der Waals surface area contributed by atoms with Crippen LogP contribution in [0.3, 0.4) is 0 Å². The molecule has 1 aliphatic rings. The maximum absolute atomic E-state index is 10.7. The normalized spacial score (nSPS) is 18.4. The Morgan fingerprint density at radius 2 is 1.94 bits per heavy atom. The van der Waals surface area contributed by atoms with Crippen molar-refractivity contribution in [3.63, 3.8) is 0 Å². The molecule has 0 aromatic carbocycles. The lowest BCUT2D eigenvalue weighted by Crippen LogP contribution is -2.31. The molecule has 1 rings (SSSR count). The van der Waals surface area contributed by atoms with Crippen LogP contribution in [-0.2, 0) is 14.2 Å². The Bertz CT molecular complexity index is 178. The molecule has 6 heteroatoms. The molecule has 0 spiro atoms. The predicted molar refractivity (Wildman–Crippen MR) is 60.6 cm³/mol. The van der Waals surface area contributed by atoms with Crippen LogP contribution < -0.4 is 10.6 Å². The van der Waals surface area contributed by atoms with E-state index in [1.807, 2.05) is 6.92 Å². The minimum atomic E-state index is -0.113. The Labute approximate surface area is 96.6 Å². The number of carbonyl (C=O) groups is 1. The molecule has 2 amide bonds. The average molecular weight is 234 g/mol. The number of methoxy groups -OCH3 is 1. The summed E-state index contributed by atoms with van der Waals surface area (Å²) in [5, 5.41) is 5.39. The molecule has 0 saturated carbocycles. The number of amides is 2. The van der Waals surface area contributed by atoms with Crippen LogP contribution in [0.25, 0.3) is 0 Å². The van der Waals surface area contributed by atoms with E-state index >= 15 is 0 Å². The van der Waals surface area contributed by atoms with Crippen molar-refractivity contribution in [3.05, 3.63) is 0 Å². The minimum absolute atomic E-state index is 0.106. The molecule has 0 aliphatic carbocycles. The van der Waals surface area contributed by atoms with E-state index in [0.717, 1.165) is 0 Å². The molecule has 2 N–H and O–H groups in total. The van der Waals surface area contributed by atoms with Gasteiger partial charge in [-0.2, -0.15) is 0 Å². The van der Waals surface area contributed by atoms with Crippen LogP contribution in [-0.4, -0.2) is 59.3 Å². The van der Waals surface area contributed by atoms with Crippen molar-refractivity contribution < 1.29 is 19.0 Å². The molecule has 1 saturated heterocycles. The molecule has 0 radical (unpaired) electrons. The molecule has 1 unspecified atom stereocenters. The van der Waals surface area contributed by atoms with Crippen molar-refractivity contribution >= 4 is 6.03 Å². The summed E-state index contributed by atoms with van der Waals surface area (Å²) in [5.41, 5.74) is 0. The standard InChI is InChI=1S/C8H16N2O3.C2H6O/c1-2-12-3-4-13-6-7-5-9-8(11)10-7;1-3-2/h7H,2-6H2,1H3,(H2,9,10,11);1-2H3. The molecule has 0 aromatic heterocycles. The Morgan fingerprint density at radius 3 is 2.44 bits per heavy atom. The number of nitrogens with one attached hydrogen (secondary N) is 2. The lowest BCUT2D eigenvalue weighted by Gasteiger charge is -2.08. The Hall–Kier alpha value is -0.850. The van der Waals surface area contributed by atoms with Gasteiger partial charge in [-0.3, -0.25) is 0 Å². The van der Waals surface area contributed by atoms with Crippen molar-refractivity contribution in [1.29, 1.82) is 0 Å². The Kier molecular flexibility index (Phi) is 10.1. The highest BCUT2D eigenvalue weighted by atomic mass is 16.5. The van der Waals surface area contributed by atoms with Gasteiger partial charge in [0.1, 0.15) is 0 Å². The highest BCUT2D eigenvalue weighted by Crippen LogP contribution is 1.91. The third kappa shape index (κ3) is 8.46. The Morgan fingerprint density at radius 1 is 1.31 bits per heavy atom. The van der Waals surface area contributed by atoms with E-state index in [0.29, 0.717) is 33.0 Å². The van der Waals surface area contributed by atoms with Gasteiger partial charge in [0.05, 0.1) is 25.9 Å². The van der Waals surface area contributed by atoms with Gasteiger partial charge >= 0.3 is 6.03 Å². The van der Waals surface area contributed by atoms with Gasteiger partial charge in [0.25, 0.3) is 0 Å². The topological polar surface area (TPSA) is 68.8 Å². The van der Waals surface area contributed by atoms with Crippen molar-refractivity contribution in [2.24, 2.45) is 0 Å². The van der Waals surface area contributed by atoms with Gasteiger partial charge in [0.15, 0.2) is 0 Å². The van der Waals surface area contributed by atoms with Crippen LogP contribution in [0.15, 0.2) is 0 Å². The summed E-state index contributed by atoms with van der Waals surface area (Å²) >= 11 is 0. The SMILES string of the molecule is CCOCCOCC1CNC(=O)N1.COC. The lowest BCUT2D eigenvalue weighted by molar-refractivity contribution is 0.0469. The fraction of sp³-hybridized carbons (Fsp3) is 0.900. The summed E-state index contributed by atoms with van der Waals surface area (Å²) in [5.74, 6) is 0. The molecule has 6 nitrogen and oxygen atoms in total. The summed E-state index contributed by atoms with van der Waals surface area (Å²) in [6.45, 7) is 5.05. The second-order valence-corrected chi connectivity index (χ2v) is 3.23. The first-order valence-electron chi connectivity index (χ1n) is 5.34. The third-order valence-electron chi connectivity index (χ3n) is 1.74. The van der Waals surface area contributed by atoms with E-state index in [1.165, 1.54) is 0 Å². The van der Waals surface area contributed by atoms with Crippen LogP contribution in [0.1, 0.15) is 6.92 Å². The second kappa shape index (κ2) is 10.7. The van der Waals surface area contributed by atoms with Gasteiger partial charge in [0, 0.05) is 27.4 Å². The molecular formula is C10H22N2O4. The van der Waals surface area contributed by atoms with E-state index in [2.05, 4.69) is 15.4 Å². The minimum Gasteiger partial charge on any atom is -0.388 e. The molecule has 0 bridgehead atoms. The lowest BCUT2D eigenvalue weighted by atomic mass is 10.3. The van der Waals surface area contributed by atoms with Crippen LogP contribution in [0, 0.1) is 0 Å². The summed E-state index contributed by atoms with van der Waals surface area (Å²) in [4.78, 5) is 10.7. The van der Waals surface area contributed by atoms with E-state index in [9.17, 15) is 4.79 Å². The zero-order valence-electron chi connectivity index (χ0n) is 10.2. The molecule has 1 aliphatic heterocycles. The molecule has 1 atom stereocenters. The highest BCUT2D eigenvalue weighted by Gasteiger charge is 2.19. The molecular weight excluding hydrogens is 212 g/mol. The average Bonchev–Trinajstić information content (AvgIpc) is 2.65. The summed E-state index contributed by atoms with van der Waals surface area (Å²) in [6, 6.07) is -0.00691. The van der Waals surface area contributed by atoms with Gasteiger partial charge in [0.2, 0.25) is 0 Å². The van der Waals surface area contributed by atoms with Crippen molar-refractivity contribution in [2.75, 3.05) is 47.2 Å². The number of hydrogen-bond donors (Lipinski definition) is 2.